The third-order valence-electron chi connectivity index (χ3n) is 6.51. The fourth-order valence-corrected chi connectivity index (χ4v) is 5.84. The van der Waals surface area contributed by atoms with Gasteiger partial charge < -0.3 is 24.9 Å². The molecule has 0 radical (unpaired) electrons. The van der Waals surface area contributed by atoms with Crippen molar-refractivity contribution in [3.63, 3.8) is 0 Å². The third kappa shape index (κ3) is 3.98. The second-order valence-electron chi connectivity index (χ2n) is 9.63. The number of fused-ring (bicyclic) bond motifs is 2. The molecule has 4 aromatic rings. The highest BCUT2D eigenvalue weighted by Crippen LogP contribution is 2.46. The van der Waals surface area contributed by atoms with E-state index >= 15 is 0 Å². The van der Waals surface area contributed by atoms with Gasteiger partial charge in [0, 0.05) is 48.7 Å². The summed E-state index contributed by atoms with van der Waals surface area (Å²) in [6, 6.07) is 11.7. The number of anilines is 1. The largest absolute Gasteiger partial charge is 0.385 e. The molecule has 9 heteroatoms. The molecule has 0 bridgehead atoms. The number of pyridine rings is 1. The Labute approximate surface area is 212 Å². The van der Waals surface area contributed by atoms with Gasteiger partial charge in [-0.25, -0.2) is 0 Å². The van der Waals surface area contributed by atoms with Crippen molar-refractivity contribution in [3.05, 3.63) is 74.1 Å². The molecular formula is C27H27N5O3S. The SMILES string of the molecule is CCNC(=O)c1cc2c(-c3sc(C(C)(C)O)cc3N3Cc4ccc(C#N)cc4C3)cn(C)c(=O)c2[nH]1. The van der Waals surface area contributed by atoms with Crippen molar-refractivity contribution in [1.82, 2.24) is 14.9 Å². The van der Waals surface area contributed by atoms with E-state index in [1.165, 1.54) is 15.9 Å². The summed E-state index contributed by atoms with van der Waals surface area (Å²) in [5.41, 5.74) is 4.05. The Morgan fingerprint density at radius 3 is 2.69 bits per heavy atom. The lowest BCUT2D eigenvalue weighted by Gasteiger charge is -2.19. The Kier molecular flexibility index (Phi) is 5.74. The maximum atomic E-state index is 12.9. The number of nitriles is 1. The van der Waals surface area contributed by atoms with Crippen molar-refractivity contribution in [1.29, 1.82) is 5.26 Å². The van der Waals surface area contributed by atoms with Crippen LogP contribution < -0.4 is 15.8 Å². The van der Waals surface area contributed by atoms with E-state index < -0.39 is 5.60 Å². The molecule has 0 fully saturated rings. The van der Waals surface area contributed by atoms with E-state index in [9.17, 15) is 20.0 Å². The second kappa shape index (κ2) is 8.66. The molecule has 5 rings (SSSR count). The van der Waals surface area contributed by atoms with E-state index in [0.717, 1.165) is 32.1 Å². The van der Waals surface area contributed by atoms with Crippen molar-refractivity contribution >= 4 is 33.8 Å². The van der Waals surface area contributed by atoms with Crippen molar-refractivity contribution in [2.45, 2.75) is 39.5 Å². The first-order valence-electron chi connectivity index (χ1n) is 11.7. The van der Waals surface area contributed by atoms with Gasteiger partial charge >= 0.3 is 0 Å². The van der Waals surface area contributed by atoms with Gasteiger partial charge in [-0.3, -0.25) is 9.59 Å². The number of aliphatic hydroxyl groups is 1. The molecule has 1 aromatic carbocycles. The first-order chi connectivity index (χ1) is 17.1. The number of amides is 1. The number of hydrogen-bond acceptors (Lipinski definition) is 6. The predicted molar refractivity (Wildman–Crippen MR) is 141 cm³/mol. The minimum Gasteiger partial charge on any atom is -0.385 e. The van der Waals surface area contributed by atoms with E-state index in [-0.39, 0.29) is 11.5 Å². The minimum atomic E-state index is -1.05. The number of rotatable bonds is 5. The number of nitrogens with one attached hydrogen (secondary N) is 2. The summed E-state index contributed by atoms with van der Waals surface area (Å²) >= 11 is 1.48. The summed E-state index contributed by atoms with van der Waals surface area (Å²) in [5, 5.41) is 23.6. The van der Waals surface area contributed by atoms with Crippen LogP contribution in [0.4, 0.5) is 5.69 Å². The van der Waals surface area contributed by atoms with Gasteiger partial charge in [0.15, 0.2) is 0 Å². The van der Waals surface area contributed by atoms with Crippen LogP contribution in [0.5, 0.6) is 0 Å². The highest BCUT2D eigenvalue weighted by atomic mass is 32.1. The number of aromatic nitrogens is 2. The van der Waals surface area contributed by atoms with Gasteiger partial charge in [0.2, 0.25) is 0 Å². The van der Waals surface area contributed by atoms with Crippen LogP contribution in [-0.2, 0) is 25.7 Å². The van der Waals surface area contributed by atoms with Crippen LogP contribution in [0.15, 0.2) is 41.3 Å². The van der Waals surface area contributed by atoms with E-state index in [1.54, 1.807) is 33.2 Å². The Morgan fingerprint density at radius 1 is 1.25 bits per heavy atom. The molecule has 0 atom stereocenters. The Hall–Kier alpha value is -3.87. The zero-order valence-corrected chi connectivity index (χ0v) is 21.4. The summed E-state index contributed by atoms with van der Waals surface area (Å²) in [6.45, 7) is 7.13. The summed E-state index contributed by atoms with van der Waals surface area (Å²) in [5.74, 6) is -0.270. The number of carbonyl (C=O) groups is 1. The van der Waals surface area contributed by atoms with Crippen LogP contribution in [-0.4, -0.2) is 27.1 Å². The monoisotopic (exact) mass is 501 g/mol. The van der Waals surface area contributed by atoms with Crippen LogP contribution in [0, 0.1) is 11.3 Å². The van der Waals surface area contributed by atoms with Gasteiger partial charge in [0.1, 0.15) is 11.2 Å². The van der Waals surface area contributed by atoms with Crippen LogP contribution in [0.3, 0.4) is 0 Å². The van der Waals surface area contributed by atoms with Crippen LogP contribution in [0.1, 0.15) is 52.8 Å². The third-order valence-corrected chi connectivity index (χ3v) is 7.98. The summed E-state index contributed by atoms with van der Waals surface area (Å²) < 4.78 is 1.51. The Balaban J connectivity index is 1.69. The van der Waals surface area contributed by atoms with E-state index in [1.807, 2.05) is 31.2 Å². The molecule has 3 N–H and O–H groups in total. The lowest BCUT2D eigenvalue weighted by atomic mass is 10.1. The number of nitrogens with zero attached hydrogens (tertiary/aromatic N) is 3. The van der Waals surface area contributed by atoms with Gasteiger partial charge in [0.05, 0.1) is 27.8 Å². The van der Waals surface area contributed by atoms with Crippen molar-refractivity contribution in [3.8, 4) is 16.5 Å². The van der Waals surface area contributed by atoms with E-state index in [2.05, 4.69) is 21.3 Å². The summed E-state index contributed by atoms with van der Waals surface area (Å²) in [7, 11) is 1.69. The number of carbonyl (C=O) groups excluding carboxylic acids is 1. The normalized spacial score (nSPS) is 13.2. The number of aryl methyl sites for hydroxylation is 1. The topological polar surface area (TPSA) is 114 Å². The van der Waals surface area contributed by atoms with Gasteiger partial charge in [-0.05, 0) is 56.2 Å². The molecular weight excluding hydrogens is 474 g/mol. The van der Waals surface area contributed by atoms with Crippen LogP contribution in [0.2, 0.25) is 0 Å². The average Bonchev–Trinajstić information content (AvgIpc) is 3.57. The number of hydrogen-bond donors (Lipinski definition) is 3. The standard InChI is InChI=1S/C27H27N5O3S/c1-5-29-25(33)20-9-18-19(14-31(4)26(34)23(18)30-20)24-21(10-22(36-24)27(2,3)35)32-12-16-7-6-15(11-28)8-17(16)13-32/h6-10,14,30,35H,5,12-13H2,1-4H3,(H,29,33). The summed E-state index contributed by atoms with van der Waals surface area (Å²) in [6.07, 6.45) is 1.79. The number of H-pyrrole nitrogens is 1. The quantitative estimate of drug-likeness (QED) is 0.383. The van der Waals surface area contributed by atoms with Gasteiger partial charge in [0.25, 0.3) is 11.5 Å². The molecule has 0 unspecified atom stereocenters. The maximum Gasteiger partial charge on any atom is 0.274 e. The lowest BCUT2D eigenvalue weighted by Crippen LogP contribution is -2.23. The van der Waals surface area contributed by atoms with Crippen LogP contribution in [0.25, 0.3) is 21.3 Å². The molecule has 36 heavy (non-hydrogen) atoms. The summed E-state index contributed by atoms with van der Waals surface area (Å²) in [4.78, 5) is 32.4. The van der Waals surface area contributed by atoms with Gasteiger partial charge in [-0.15, -0.1) is 11.3 Å². The molecule has 0 spiro atoms. The fourth-order valence-electron chi connectivity index (χ4n) is 4.64. The average molecular weight is 502 g/mol. The Morgan fingerprint density at radius 2 is 2.00 bits per heavy atom. The molecule has 8 nitrogen and oxygen atoms in total. The van der Waals surface area contributed by atoms with E-state index in [4.69, 9.17) is 0 Å². The smallest absolute Gasteiger partial charge is 0.274 e. The first kappa shape index (κ1) is 23.9. The molecule has 0 saturated carbocycles. The fraction of sp³-hybridized carbons (Fsp3) is 0.296. The molecule has 184 valence electrons. The van der Waals surface area contributed by atoms with Crippen LogP contribution >= 0.6 is 11.3 Å². The molecule has 1 amide bonds. The lowest BCUT2D eigenvalue weighted by molar-refractivity contribution is 0.0825. The zero-order valence-electron chi connectivity index (χ0n) is 20.6. The zero-order chi connectivity index (χ0) is 25.8. The van der Waals surface area contributed by atoms with Crippen molar-refractivity contribution in [2.24, 2.45) is 7.05 Å². The number of benzene rings is 1. The van der Waals surface area contributed by atoms with Gasteiger partial charge in [-0.1, -0.05) is 6.07 Å². The molecule has 1 aliphatic heterocycles. The highest BCUT2D eigenvalue weighted by molar-refractivity contribution is 7.16. The molecule has 4 heterocycles. The molecule has 1 aliphatic rings. The van der Waals surface area contributed by atoms with Gasteiger partial charge in [-0.2, -0.15) is 5.26 Å². The van der Waals surface area contributed by atoms with Crippen molar-refractivity contribution < 1.29 is 9.90 Å². The predicted octanol–water partition coefficient (Wildman–Crippen LogP) is 3.96. The van der Waals surface area contributed by atoms with Crippen molar-refractivity contribution in [2.75, 3.05) is 11.4 Å². The molecule has 3 aromatic heterocycles. The first-order valence-corrected chi connectivity index (χ1v) is 12.6. The highest BCUT2D eigenvalue weighted by Gasteiger charge is 2.29. The number of aromatic amines is 1. The molecule has 0 aliphatic carbocycles. The Bertz CT molecular complexity index is 1610. The maximum absolute atomic E-state index is 12.9. The second-order valence-corrected chi connectivity index (χ2v) is 10.7. The van der Waals surface area contributed by atoms with E-state index in [0.29, 0.717) is 41.8 Å². The molecule has 0 saturated heterocycles. The number of thiophene rings is 1. The minimum absolute atomic E-state index is 0.220.